The van der Waals surface area contributed by atoms with Crippen LogP contribution in [0.5, 0.6) is 11.5 Å². The van der Waals surface area contributed by atoms with Gasteiger partial charge in [0.1, 0.15) is 21.3 Å². The van der Waals surface area contributed by atoms with E-state index in [1.165, 1.54) is 84.9 Å². The Bertz CT molecular complexity index is 2600. The number of aryl methyl sites for hydroxylation is 2. The third-order valence-electron chi connectivity index (χ3n) is 8.51. The van der Waals surface area contributed by atoms with Gasteiger partial charge in [0.2, 0.25) is 0 Å². The summed E-state index contributed by atoms with van der Waals surface area (Å²) >= 11 is 0. The Morgan fingerprint density at radius 1 is 0.500 bits per heavy atom. The lowest BCUT2D eigenvalue weighted by molar-refractivity contribution is 0.101. The molecule has 0 aliphatic rings. The molecule has 8 N–H and O–H groups in total. The van der Waals surface area contributed by atoms with Crippen molar-refractivity contribution in [2.45, 2.75) is 23.6 Å². The summed E-state index contributed by atoms with van der Waals surface area (Å²) in [5.74, 6) is -1.80. The molecule has 0 fully saturated rings. The van der Waals surface area contributed by atoms with Crippen molar-refractivity contribution in [3.05, 3.63) is 119 Å². The van der Waals surface area contributed by atoms with E-state index in [4.69, 9.17) is 0 Å². The van der Waals surface area contributed by atoms with Crippen LogP contribution in [0.4, 0.5) is 27.5 Å². The van der Waals surface area contributed by atoms with Crippen LogP contribution in [0.3, 0.4) is 0 Å². The number of benzene rings is 6. The maximum atomic E-state index is 13.3. The zero-order valence-corrected chi connectivity index (χ0v) is 29.8. The molecule has 0 aromatic heterocycles. The van der Waals surface area contributed by atoms with E-state index >= 15 is 0 Å². The minimum absolute atomic E-state index is 0.0885. The van der Waals surface area contributed by atoms with Crippen LogP contribution in [0, 0.1) is 13.8 Å². The molecule has 6 aromatic carbocycles. The van der Waals surface area contributed by atoms with Crippen molar-refractivity contribution in [2.75, 3.05) is 21.3 Å². The summed E-state index contributed by atoms with van der Waals surface area (Å²) in [6, 6.07) is 21.3. The monoisotopic (exact) mass is 770 g/mol. The van der Waals surface area contributed by atoms with Crippen molar-refractivity contribution in [1.82, 2.24) is 0 Å². The Morgan fingerprint density at radius 3 is 1.24 bits per heavy atom. The average Bonchev–Trinajstić information content (AvgIpc) is 3.09. The number of rotatable bonds is 8. The summed E-state index contributed by atoms with van der Waals surface area (Å²) in [6.07, 6.45) is 0. The molecule has 0 atom stereocenters. The van der Waals surface area contributed by atoms with Crippen LogP contribution in [0.15, 0.2) is 107 Å². The van der Waals surface area contributed by atoms with Crippen molar-refractivity contribution in [2.24, 2.45) is 0 Å². The Labute approximate surface area is 307 Å². The van der Waals surface area contributed by atoms with E-state index in [1.54, 1.807) is 13.8 Å². The van der Waals surface area contributed by atoms with Gasteiger partial charge in [0, 0.05) is 44.0 Å². The lowest BCUT2D eigenvalue weighted by Gasteiger charge is -2.15. The second-order valence-corrected chi connectivity index (χ2v) is 14.9. The lowest BCUT2D eigenvalue weighted by atomic mass is 10.1. The molecule has 54 heavy (non-hydrogen) atoms. The number of hydrogen-bond acceptors (Lipinski definition) is 9. The zero-order chi connectivity index (χ0) is 39.1. The molecule has 0 bridgehead atoms. The molecule has 0 spiro atoms. The Kier molecular flexibility index (Phi) is 9.74. The van der Waals surface area contributed by atoms with Crippen molar-refractivity contribution >= 4 is 82.4 Å². The molecule has 6 rings (SSSR count). The third-order valence-corrected chi connectivity index (χ3v) is 10.3. The summed E-state index contributed by atoms with van der Waals surface area (Å²) in [5.41, 5.74) is 1.27. The van der Waals surface area contributed by atoms with Gasteiger partial charge < -0.3 is 31.5 Å². The third kappa shape index (κ3) is 7.50. The lowest BCUT2D eigenvalue weighted by Crippen LogP contribution is -2.21. The molecule has 0 saturated heterocycles. The van der Waals surface area contributed by atoms with Crippen LogP contribution in [0.2, 0.25) is 0 Å². The highest BCUT2D eigenvalue weighted by molar-refractivity contribution is 7.86. The number of phenolic OH excluding ortho intramolecular Hbond substituents is 2. The van der Waals surface area contributed by atoms with E-state index in [0.717, 1.165) is 12.1 Å². The molecule has 0 unspecified atom stereocenters. The number of amides is 4. The minimum atomic E-state index is -4.76. The number of anilines is 4. The smallest absolute Gasteiger partial charge is 0.323 e. The van der Waals surface area contributed by atoms with Gasteiger partial charge in [-0.3, -0.25) is 18.7 Å². The number of nitrogens with one attached hydrogen (secondary N) is 4. The predicted molar refractivity (Wildman–Crippen MR) is 202 cm³/mol. The highest BCUT2D eigenvalue weighted by atomic mass is 32.2. The van der Waals surface area contributed by atoms with Crippen LogP contribution in [0.1, 0.15) is 31.8 Å². The number of carbonyl (C=O) groups is 3. The van der Waals surface area contributed by atoms with E-state index in [2.05, 4.69) is 21.3 Å². The first-order valence-corrected chi connectivity index (χ1v) is 18.7. The SMILES string of the molecule is Cc1cc(C(=O)Nc2c(S(=O)(=O)O)ccc3c(O)cccc23)ccc1NC(=O)Nc1ccc(C(=O)Nc2c(S(=O)(=O)O)ccc3c(O)cccc23)cc1C. The predicted octanol–water partition coefficient (Wildman–Crippen LogP) is 6.66. The van der Waals surface area contributed by atoms with Crippen molar-refractivity contribution in [3.8, 4) is 11.5 Å². The van der Waals surface area contributed by atoms with E-state index in [9.17, 15) is 50.5 Å². The van der Waals surface area contributed by atoms with Gasteiger partial charge in [-0.1, -0.05) is 24.3 Å². The molecule has 0 aliphatic heterocycles. The molecular formula is C37H30N4O11S2. The molecular weight excluding hydrogens is 741 g/mol. The summed E-state index contributed by atoms with van der Waals surface area (Å²) in [6.45, 7) is 3.24. The maximum Gasteiger partial charge on any atom is 0.323 e. The molecule has 0 radical (unpaired) electrons. The number of fused-ring (bicyclic) bond motifs is 2. The first-order chi connectivity index (χ1) is 25.4. The second-order valence-electron chi connectivity index (χ2n) is 12.1. The van der Waals surface area contributed by atoms with Gasteiger partial charge in [-0.05, 0) is 97.8 Å². The van der Waals surface area contributed by atoms with E-state index < -0.39 is 47.9 Å². The quantitative estimate of drug-likeness (QED) is 0.0760. The fraction of sp³-hybridized carbons (Fsp3) is 0.0541. The number of urea groups is 1. The summed E-state index contributed by atoms with van der Waals surface area (Å²) in [4.78, 5) is 38.4. The molecule has 0 heterocycles. The highest BCUT2D eigenvalue weighted by Gasteiger charge is 2.23. The van der Waals surface area contributed by atoms with Crippen LogP contribution < -0.4 is 21.3 Å². The molecule has 15 nitrogen and oxygen atoms in total. The first-order valence-electron chi connectivity index (χ1n) is 15.8. The Morgan fingerprint density at radius 2 is 0.889 bits per heavy atom. The van der Waals surface area contributed by atoms with Gasteiger partial charge in [0.25, 0.3) is 32.1 Å². The van der Waals surface area contributed by atoms with Gasteiger partial charge in [0.05, 0.1) is 11.4 Å². The van der Waals surface area contributed by atoms with E-state index in [1.807, 2.05) is 0 Å². The highest BCUT2D eigenvalue weighted by Crippen LogP contribution is 2.37. The maximum absolute atomic E-state index is 13.3. The molecule has 17 heteroatoms. The minimum Gasteiger partial charge on any atom is -0.507 e. The topological polar surface area (TPSA) is 249 Å². The first kappa shape index (κ1) is 37.2. The molecule has 0 saturated carbocycles. The molecule has 0 aliphatic carbocycles. The van der Waals surface area contributed by atoms with Crippen LogP contribution in [-0.2, 0) is 20.2 Å². The van der Waals surface area contributed by atoms with Crippen molar-refractivity contribution < 1.29 is 50.5 Å². The molecule has 4 amide bonds. The van der Waals surface area contributed by atoms with E-state index in [-0.39, 0.29) is 55.5 Å². The normalized spacial score (nSPS) is 11.6. The van der Waals surface area contributed by atoms with E-state index in [0.29, 0.717) is 22.5 Å². The van der Waals surface area contributed by atoms with Gasteiger partial charge in [0.15, 0.2) is 0 Å². The fourth-order valence-electron chi connectivity index (χ4n) is 5.87. The van der Waals surface area contributed by atoms with Gasteiger partial charge >= 0.3 is 6.03 Å². The Balaban J connectivity index is 1.16. The van der Waals surface area contributed by atoms with Crippen molar-refractivity contribution in [3.63, 3.8) is 0 Å². The molecule has 6 aromatic rings. The number of phenols is 2. The number of aromatic hydroxyl groups is 2. The largest absolute Gasteiger partial charge is 0.507 e. The number of hydrogen-bond donors (Lipinski definition) is 8. The van der Waals surface area contributed by atoms with Crippen LogP contribution >= 0.6 is 0 Å². The van der Waals surface area contributed by atoms with Gasteiger partial charge in [-0.25, -0.2) is 4.79 Å². The number of carbonyl (C=O) groups excluding carboxylic acids is 3. The summed E-state index contributed by atoms with van der Waals surface area (Å²) in [5, 5.41) is 31.6. The van der Waals surface area contributed by atoms with Gasteiger partial charge in [-0.2, -0.15) is 16.8 Å². The van der Waals surface area contributed by atoms with Gasteiger partial charge in [-0.15, -0.1) is 0 Å². The Hall–Kier alpha value is -6.53. The zero-order valence-electron chi connectivity index (χ0n) is 28.2. The second kappa shape index (κ2) is 14.1. The fourth-order valence-corrected chi connectivity index (χ4v) is 7.19. The standard InChI is InChI=1S/C37H30N4O11S2/c1-19-17-21(35(44)40-33-25-5-3-7-29(42)23(25)11-15-31(33)53(47,48)49)9-13-27(19)38-37(46)39-28-14-10-22(18-20(28)2)36(45)41-34-26-6-4-8-30(43)24(26)12-16-32(34)54(50,51)52/h3-18,42-43H,1-2H3,(H,40,44)(H,41,45)(H2,38,39,46)(H,47,48,49)(H,50,51,52). The summed E-state index contributed by atoms with van der Waals surface area (Å²) < 4.78 is 68.0. The van der Waals surface area contributed by atoms with Crippen LogP contribution in [-0.4, -0.2) is 54.0 Å². The van der Waals surface area contributed by atoms with Crippen molar-refractivity contribution in [1.29, 1.82) is 0 Å². The summed E-state index contributed by atoms with van der Waals surface area (Å²) in [7, 11) is -9.53. The average molecular weight is 771 g/mol. The molecule has 276 valence electrons. The van der Waals surface area contributed by atoms with Crippen LogP contribution in [0.25, 0.3) is 21.5 Å².